The van der Waals surface area contributed by atoms with Gasteiger partial charge in [0.1, 0.15) is 0 Å². The van der Waals surface area contributed by atoms with E-state index in [4.69, 9.17) is 5.73 Å². The van der Waals surface area contributed by atoms with E-state index in [-0.39, 0.29) is 12.5 Å². The van der Waals surface area contributed by atoms with Gasteiger partial charge in [0.2, 0.25) is 5.91 Å². The molecular formula is C17H26N2O2. The minimum absolute atomic E-state index is 0.0235. The van der Waals surface area contributed by atoms with Crippen molar-refractivity contribution in [3.63, 3.8) is 0 Å². The summed E-state index contributed by atoms with van der Waals surface area (Å²) in [5.41, 5.74) is 7.09. The average Bonchev–Trinajstić information content (AvgIpc) is 2.49. The van der Waals surface area contributed by atoms with E-state index in [0.717, 1.165) is 36.9 Å². The van der Waals surface area contributed by atoms with Crippen molar-refractivity contribution in [2.45, 2.75) is 51.0 Å². The molecule has 21 heavy (non-hydrogen) atoms. The van der Waals surface area contributed by atoms with Crippen LogP contribution in [0, 0.1) is 5.92 Å². The van der Waals surface area contributed by atoms with Crippen LogP contribution >= 0.6 is 0 Å². The minimum atomic E-state index is -0.398. The van der Waals surface area contributed by atoms with E-state index in [1.807, 2.05) is 24.3 Å². The van der Waals surface area contributed by atoms with Crippen molar-refractivity contribution in [2.75, 3.05) is 12.3 Å². The van der Waals surface area contributed by atoms with Gasteiger partial charge in [-0.05, 0) is 55.7 Å². The number of hydrogen-bond donors (Lipinski definition) is 3. The molecule has 1 amide bonds. The summed E-state index contributed by atoms with van der Waals surface area (Å²) in [6, 6.07) is 7.61. The lowest BCUT2D eigenvalue weighted by Gasteiger charge is -2.38. The molecule has 116 valence electrons. The van der Waals surface area contributed by atoms with Gasteiger partial charge in [-0.1, -0.05) is 19.1 Å². The molecule has 1 aliphatic carbocycles. The Morgan fingerprint density at radius 2 is 1.95 bits per heavy atom. The molecule has 0 saturated heterocycles. The summed E-state index contributed by atoms with van der Waals surface area (Å²) >= 11 is 0. The second-order valence-electron chi connectivity index (χ2n) is 6.41. The summed E-state index contributed by atoms with van der Waals surface area (Å²) in [6.07, 6.45) is 5.03. The molecule has 1 aromatic rings. The van der Waals surface area contributed by atoms with Crippen molar-refractivity contribution in [1.29, 1.82) is 0 Å². The topological polar surface area (TPSA) is 75.3 Å². The molecule has 0 unspecified atom stereocenters. The molecule has 0 bridgehead atoms. The Morgan fingerprint density at radius 3 is 2.52 bits per heavy atom. The second kappa shape index (κ2) is 6.94. The van der Waals surface area contributed by atoms with E-state index in [9.17, 15) is 9.90 Å². The molecule has 0 spiro atoms. The molecule has 4 heteroatoms. The van der Waals surface area contributed by atoms with Crippen molar-refractivity contribution >= 4 is 11.6 Å². The maximum absolute atomic E-state index is 12.2. The number of carbonyl (C=O) groups is 1. The predicted molar refractivity (Wildman–Crippen MR) is 84.8 cm³/mol. The Balaban J connectivity index is 1.84. The van der Waals surface area contributed by atoms with Crippen LogP contribution < -0.4 is 11.1 Å². The number of nitrogens with one attached hydrogen (secondary N) is 1. The van der Waals surface area contributed by atoms with Gasteiger partial charge in [-0.2, -0.15) is 0 Å². The molecule has 1 aliphatic rings. The number of aliphatic hydroxyl groups excluding tert-OH is 1. The van der Waals surface area contributed by atoms with Gasteiger partial charge in [-0.3, -0.25) is 4.79 Å². The Bertz CT molecular complexity index is 462. The fraction of sp³-hybridized carbons (Fsp3) is 0.588. The number of carbonyl (C=O) groups excluding carboxylic acids is 1. The molecule has 0 radical (unpaired) electrons. The summed E-state index contributed by atoms with van der Waals surface area (Å²) in [5, 5.41) is 12.7. The number of aliphatic hydroxyl groups is 1. The third kappa shape index (κ3) is 4.46. The van der Waals surface area contributed by atoms with Crippen LogP contribution in [-0.2, 0) is 11.2 Å². The van der Waals surface area contributed by atoms with Crippen LogP contribution in [-0.4, -0.2) is 23.2 Å². The van der Waals surface area contributed by atoms with Gasteiger partial charge in [0.15, 0.2) is 0 Å². The minimum Gasteiger partial charge on any atom is -0.399 e. The highest BCUT2D eigenvalue weighted by atomic mass is 16.3. The van der Waals surface area contributed by atoms with Crippen molar-refractivity contribution < 1.29 is 9.90 Å². The average molecular weight is 290 g/mol. The SMILES string of the molecule is CC1CCC(CO)(NC(=O)CCc2ccc(N)cc2)CC1. The zero-order valence-corrected chi connectivity index (χ0v) is 12.8. The molecule has 0 aromatic heterocycles. The van der Waals surface area contributed by atoms with Crippen molar-refractivity contribution in [3.05, 3.63) is 29.8 Å². The number of nitrogens with two attached hydrogens (primary N) is 1. The number of anilines is 1. The van der Waals surface area contributed by atoms with E-state index < -0.39 is 5.54 Å². The Hall–Kier alpha value is -1.55. The quantitative estimate of drug-likeness (QED) is 0.728. The number of hydrogen-bond acceptors (Lipinski definition) is 3. The summed E-state index contributed by atoms with van der Waals surface area (Å²) < 4.78 is 0. The predicted octanol–water partition coefficient (Wildman–Crippen LogP) is 2.26. The maximum Gasteiger partial charge on any atom is 0.220 e. The Morgan fingerprint density at radius 1 is 1.33 bits per heavy atom. The monoisotopic (exact) mass is 290 g/mol. The second-order valence-corrected chi connectivity index (χ2v) is 6.41. The van der Waals surface area contributed by atoms with E-state index in [0.29, 0.717) is 18.8 Å². The largest absolute Gasteiger partial charge is 0.399 e. The molecule has 0 atom stereocenters. The van der Waals surface area contributed by atoms with Gasteiger partial charge in [0, 0.05) is 12.1 Å². The van der Waals surface area contributed by atoms with Crippen LogP contribution in [0.2, 0.25) is 0 Å². The molecule has 1 aromatic carbocycles. The lowest BCUT2D eigenvalue weighted by molar-refractivity contribution is -0.124. The molecule has 0 aliphatic heterocycles. The smallest absolute Gasteiger partial charge is 0.220 e. The molecule has 2 rings (SSSR count). The molecule has 4 N–H and O–H groups in total. The van der Waals surface area contributed by atoms with Crippen LogP contribution in [0.25, 0.3) is 0 Å². The van der Waals surface area contributed by atoms with Crippen molar-refractivity contribution in [1.82, 2.24) is 5.32 Å². The van der Waals surface area contributed by atoms with Gasteiger partial charge in [0.25, 0.3) is 0 Å². The first kappa shape index (κ1) is 15.8. The lowest BCUT2D eigenvalue weighted by atomic mass is 9.77. The summed E-state index contributed by atoms with van der Waals surface area (Å²) in [5.74, 6) is 0.715. The Labute approximate surface area is 126 Å². The fourth-order valence-electron chi connectivity index (χ4n) is 2.94. The van der Waals surface area contributed by atoms with Crippen LogP contribution in [0.3, 0.4) is 0 Å². The molecular weight excluding hydrogens is 264 g/mol. The summed E-state index contributed by atoms with van der Waals surface area (Å²) in [4.78, 5) is 12.2. The first-order chi connectivity index (χ1) is 10.0. The third-order valence-corrected chi connectivity index (χ3v) is 4.56. The zero-order chi connectivity index (χ0) is 15.3. The van der Waals surface area contributed by atoms with E-state index in [1.165, 1.54) is 0 Å². The van der Waals surface area contributed by atoms with Crippen LogP contribution in [0.5, 0.6) is 0 Å². The normalized spacial score (nSPS) is 25.5. The van der Waals surface area contributed by atoms with E-state index in [1.54, 1.807) is 0 Å². The third-order valence-electron chi connectivity index (χ3n) is 4.56. The van der Waals surface area contributed by atoms with Gasteiger partial charge in [-0.15, -0.1) is 0 Å². The Kier molecular flexibility index (Phi) is 5.23. The van der Waals surface area contributed by atoms with E-state index in [2.05, 4.69) is 12.2 Å². The number of aryl methyl sites for hydroxylation is 1. The molecule has 0 heterocycles. The van der Waals surface area contributed by atoms with Crippen LogP contribution in [0.4, 0.5) is 5.69 Å². The number of benzene rings is 1. The summed E-state index contributed by atoms with van der Waals surface area (Å²) in [6.45, 7) is 2.26. The highest BCUT2D eigenvalue weighted by Gasteiger charge is 2.34. The van der Waals surface area contributed by atoms with Crippen molar-refractivity contribution in [2.24, 2.45) is 5.92 Å². The molecule has 1 saturated carbocycles. The van der Waals surface area contributed by atoms with Gasteiger partial charge in [-0.25, -0.2) is 0 Å². The number of nitrogen functional groups attached to an aromatic ring is 1. The highest BCUT2D eigenvalue weighted by Crippen LogP contribution is 2.31. The molecule has 4 nitrogen and oxygen atoms in total. The highest BCUT2D eigenvalue weighted by molar-refractivity contribution is 5.77. The maximum atomic E-state index is 12.2. The van der Waals surface area contributed by atoms with Gasteiger partial charge < -0.3 is 16.2 Å². The summed E-state index contributed by atoms with van der Waals surface area (Å²) in [7, 11) is 0. The van der Waals surface area contributed by atoms with Crippen molar-refractivity contribution in [3.8, 4) is 0 Å². The first-order valence-electron chi connectivity index (χ1n) is 7.79. The zero-order valence-electron chi connectivity index (χ0n) is 12.8. The molecule has 1 fully saturated rings. The first-order valence-corrected chi connectivity index (χ1v) is 7.79. The van der Waals surface area contributed by atoms with Gasteiger partial charge in [0.05, 0.1) is 12.1 Å². The van der Waals surface area contributed by atoms with Crippen LogP contribution in [0.1, 0.15) is 44.6 Å². The van der Waals surface area contributed by atoms with Gasteiger partial charge >= 0.3 is 0 Å². The standard InChI is InChI=1S/C17H26N2O2/c1-13-8-10-17(12-20,11-9-13)19-16(21)7-4-14-2-5-15(18)6-3-14/h2-3,5-6,13,20H,4,7-12,18H2,1H3,(H,19,21). The number of amides is 1. The fourth-order valence-corrected chi connectivity index (χ4v) is 2.94. The number of rotatable bonds is 5. The lowest BCUT2D eigenvalue weighted by Crippen LogP contribution is -2.53. The van der Waals surface area contributed by atoms with Crippen LogP contribution in [0.15, 0.2) is 24.3 Å². The van der Waals surface area contributed by atoms with E-state index >= 15 is 0 Å².